The van der Waals surface area contributed by atoms with Crippen molar-refractivity contribution in [2.45, 2.75) is 20.3 Å². The SMILES string of the molecule is CCCOc1c(Cl)cc(C(=O)Nc2ccc(-n3cncn3)c(F)c2)cc1OCC. The molecule has 0 aliphatic heterocycles. The van der Waals surface area contributed by atoms with E-state index in [1.54, 1.807) is 12.1 Å². The summed E-state index contributed by atoms with van der Waals surface area (Å²) in [5, 5.41) is 6.81. The van der Waals surface area contributed by atoms with Gasteiger partial charge in [-0.2, -0.15) is 5.10 Å². The van der Waals surface area contributed by atoms with Crippen molar-refractivity contribution in [1.82, 2.24) is 14.8 Å². The number of anilines is 1. The number of carbonyl (C=O) groups excluding carboxylic acids is 1. The third-order valence-electron chi connectivity index (χ3n) is 3.89. The van der Waals surface area contributed by atoms with E-state index in [9.17, 15) is 9.18 Å². The van der Waals surface area contributed by atoms with E-state index in [1.807, 2.05) is 13.8 Å². The van der Waals surface area contributed by atoms with Gasteiger partial charge in [-0.15, -0.1) is 0 Å². The van der Waals surface area contributed by atoms with Crippen molar-refractivity contribution >= 4 is 23.2 Å². The minimum Gasteiger partial charge on any atom is -0.490 e. The minimum absolute atomic E-state index is 0.222. The Labute approximate surface area is 172 Å². The van der Waals surface area contributed by atoms with Gasteiger partial charge in [-0.3, -0.25) is 4.79 Å². The Bertz CT molecular complexity index is 996. The zero-order chi connectivity index (χ0) is 20.8. The number of rotatable bonds is 8. The van der Waals surface area contributed by atoms with Gasteiger partial charge in [-0.1, -0.05) is 18.5 Å². The second-order valence-corrected chi connectivity index (χ2v) is 6.43. The monoisotopic (exact) mass is 418 g/mol. The van der Waals surface area contributed by atoms with Gasteiger partial charge in [-0.05, 0) is 43.7 Å². The summed E-state index contributed by atoms with van der Waals surface area (Å²) in [6.07, 6.45) is 3.50. The smallest absolute Gasteiger partial charge is 0.255 e. The molecule has 0 aliphatic rings. The fraction of sp³-hybridized carbons (Fsp3) is 0.250. The number of nitrogens with one attached hydrogen (secondary N) is 1. The first-order chi connectivity index (χ1) is 14.0. The summed E-state index contributed by atoms with van der Waals surface area (Å²) in [5.74, 6) is -0.228. The molecule has 1 N–H and O–H groups in total. The van der Waals surface area contributed by atoms with Gasteiger partial charge in [0, 0.05) is 11.3 Å². The molecular formula is C20H20ClFN4O3. The van der Waals surface area contributed by atoms with Crippen molar-refractivity contribution in [3.8, 4) is 17.2 Å². The van der Waals surface area contributed by atoms with Crippen molar-refractivity contribution < 1.29 is 18.7 Å². The lowest BCUT2D eigenvalue weighted by atomic mass is 10.1. The number of halogens is 2. The van der Waals surface area contributed by atoms with Crippen LogP contribution in [0.25, 0.3) is 5.69 Å². The topological polar surface area (TPSA) is 78.3 Å². The fourth-order valence-electron chi connectivity index (χ4n) is 2.61. The standard InChI is InChI=1S/C20H20ClFN4O3/c1-3-7-29-19-15(21)8-13(9-18(19)28-4-2)20(27)25-14-5-6-17(16(22)10-14)26-12-23-11-24-26/h5-6,8-12H,3-4,7H2,1-2H3,(H,25,27). The van der Waals surface area contributed by atoms with Crippen LogP contribution in [0.3, 0.4) is 0 Å². The molecule has 0 unspecified atom stereocenters. The lowest BCUT2D eigenvalue weighted by Crippen LogP contribution is -2.13. The first kappa shape index (κ1) is 20.6. The number of ether oxygens (including phenoxy) is 2. The summed E-state index contributed by atoms with van der Waals surface area (Å²) < 4.78 is 26.9. The number of amides is 1. The fourth-order valence-corrected chi connectivity index (χ4v) is 2.88. The van der Waals surface area contributed by atoms with Crippen LogP contribution in [0.2, 0.25) is 5.02 Å². The average Bonchev–Trinajstić information content (AvgIpc) is 3.22. The van der Waals surface area contributed by atoms with Crippen molar-refractivity contribution in [3.63, 3.8) is 0 Å². The Balaban J connectivity index is 1.82. The quantitative estimate of drug-likeness (QED) is 0.582. The molecule has 1 heterocycles. The first-order valence-corrected chi connectivity index (χ1v) is 9.46. The van der Waals surface area contributed by atoms with E-state index in [0.29, 0.717) is 24.7 Å². The molecule has 3 aromatic rings. The maximum Gasteiger partial charge on any atom is 0.255 e. The molecule has 0 atom stereocenters. The van der Waals surface area contributed by atoms with Gasteiger partial charge in [0.15, 0.2) is 17.3 Å². The Kier molecular flexibility index (Phi) is 6.66. The molecule has 1 amide bonds. The minimum atomic E-state index is -0.551. The van der Waals surface area contributed by atoms with Crippen LogP contribution in [-0.4, -0.2) is 33.9 Å². The predicted molar refractivity (Wildman–Crippen MR) is 108 cm³/mol. The van der Waals surface area contributed by atoms with E-state index < -0.39 is 11.7 Å². The second-order valence-electron chi connectivity index (χ2n) is 6.03. The highest BCUT2D eigenvalue weighted by Crippen LogP contribution is 2.37. The van der Waals surface area contributed by atoms with Crippen molar-refractivity contribution in [3.05, 3.63) is 59.4 Å². The van der Waals surface area contributed by atoms with Gasteiger partial charge in [0.2, 0.25) is 0 Å². The molecule has 0 saturated carbocycles. The predicted octanol–water partition coefficient (Wildman–Crippen LogP) is 4.50. The summed E-state index contributed by atoms with van der Waals surface area (Å²) in [5.41, 5.74) is 0.777. The normalized spacial score (nSPS) is 10.6. The lowest BCUT2D eigenvalue weighted by Gasteiger charge is -2.15. The van der Waals surface area contributed by atoms with Crippen LogP contribution in [0.15, 0.2) is 43.0 Å². The van der Waals surface area contributed by atoms with E-state index >= 15 is 0 Å². The van der Waals surface area contributed by atoms with Gasteiger partial charge < -0.3 is 14.8 Å². The van der Waals surface area contributed by atoms with Crippen LogP contribution in [0.1, 0.15) is 30.6 Å². The number of nitrogens with zero attached hydrogens (tertiary/aromatic N) is 3. The van der Waals surface area contributed by atoms with Crippen LogP contribution >= 0.6 is 11.6 Å². The molecule has 0 saturated heterocycles. The van der Waals surface area contributed by atoms with Crippen molar-refractivity contribution in [2.75, 3.05) is 18.5 Å². The summed E-state index contributed by atoms with van der Waals surface area (Å²) in [7, 11) is 0. The highest BCUT2D eigenvalue weighted by atomic mass is 35.5. The van der Waals surface area contributed by atoms with Crippen LogP contribution < -0.4 is 14.8 Å². The zero-order valence-electron chi connectivity index (χ0n) is 16.0. The number of aromatic nitrogens is 3. The molecule has 1 aromatic heterocycles. The lowest BCUT2D eigenvalue weighted by molar-refractivity contribution is 0.102. The Morgan fingerprint density at radius 2 is 2.07 bits per heavy atom. The summed E-state index contributed by atoms with van der Waals surface area (Å²) in [6.45, 7) is 4.66. The van der Waals surface area contributed by atoms with Gasteiger partial charge in [0.1, 0.15) is 18.3 Å². The van der Waals surface area contributed by atoms with Crippen LogP contribution in [-0.2, 0) is 0 Å². The molecular weight excluding hydrogens is 399 g/mol. The van der Waals surface area contributed by atoms with E-state index in [4.69, 9.17) is 21.1 Å². The van der Waals surface area contributed by atoms with E-state index in [2.05, 4.69) is 15.4 Å². The molecule has 7 nitrogen and oxygen atoms in total. The Morgan fingerprint density at radius 3 is 2.72 bits per heavy atom. The van der Waals surface area contributed by atoms with Gasteiger partial charge in [-0.25, -0.2) is 14.1 Å². The van der Waals surface area contributed by atoms with Crippen molar-refractivity contribution in [1.29, 1.82) is 0 Å². The molecule has 29 heavy (non-hydrogen) atoms. The molecule has 0 spiro atoms. The third-order valence-corrected chi connectivity index (χ3v) is 4.17. The number of hydrogen-bond donors (Lipinski definition) is 1. The Morgan fingerprint density at radius 1 is 1.24 bits per heavy atom. The van der Waals surface area contributed by atoms with Crippen LogP contribution in [0, 0.1) is 5.82 Å². The van der Waals surface area contributed by atoms with E-state index in [1.165, 1.54) is 35.5 Å². The summed E-state index contributed by atoms with van der Waals surface area (Å²) in [4.78, 5) is 16.4. The molecule has 0 bridgehead atoms. The second kappa shape index (κ2) is 9.38. The maximum absolute atomic E-state index is 14.4. The highest BCUT2D eigenvalue weighted by Gasteiger charge is 2.17. The van der Waals surface area contributed by atoms with Crippen LogP contribution in [0.5, 0.6) is 11.5 Å². The molecule has 0 aliphatic carbocycles. The van der Waals surface area contributed by atoms with E-state index in [0.717, 1.165) is 6.42 Å². The third kappa shape index (κ3) is 4.83. The number of hydrogen-bond acceptors (Lipinski definition) is 5. The number of carbonyl (C=O) groups is 1. The molecule has 0 radical (unpaired) electrons. The molecule has 2 aromatic carbocycles. The first-order valence-electron chi connectivity index (χ1n) is 9.08. The van der Waals surface area contributed by atoms with Crippen molar-refractivity contribution in [2.24, 2.45) is 0 Å². The maximum atomic E-state index is 14.4. The molecule has 0 fully saturated rings. The van der Waals surface area contributed by atoms with Gasteiger partial charge in [0.05, 0.1) is 18.2 Å². The summed E-state index contributed by atoms with van der Waals surface area (Å²) in [6, 6.07) is 7.32. The zero-order valence-corrected chi connectivity index (χ0v) is 16.7. The Hall–Kier alpha value is -3.13. The van der Waals surface area contributed by atoms with Crippen LogP contribution in [0.4, 0.5) is 10.1 Å². The molecule has 3 rings (SSSR count). The number of benzene rings is 2. The van der Waals surface area contributed by atoms with Gasteiger partial charge in [0.25, 0.3) is 5.91 Å². The molecule has 9 heteroatoms. The highest BCUT2D eigenvalue weighted by molar-refractivity contribution is 6.32. The largest absolute Gasteiger partial charge is 0.490 e. The summed E-state index contributed by atoms with van der Waals surface area (Å²) >= 11 is 6.30. The average molecular weight is 419 g/mol. The molecule has 152 valence electrons. The van der Waals surface area contributed by atoms with E-state index in [-0.39, 0.29) is 22.0 Å². The van der Waals surface area contributed by atoms with Gasteiger partial charge >= 0.3 is 0 Å².